The van der Waals surface area contributed by atoms with Gasteiger partial charge in [0, 0.05) is 19.3 Å². The largest absolute Gasteiger partial charge is 0.387 e. The lowest BCUT2D eigenvalue weighted by Gasteiger charge is -2.18. The highest BCUT2D eigenvalue weighted by atomic mass is 32.2. The first-order valence-electron chi connectivity index (χ1n) is 11.4. The van der Waals surface area contributed by atoms with Gasteiger partial charge in [-0.25, -0.2) is 4.98 Å². The number of thioether (sulfide) groups is 1. The van der Waals surface area contributed by atoms with Gasteiger partial charge in [-0.15, -0.1) is 0 Å². The van der Waals surface area contributed by atoms with Crippen LogP contribution < -0.4 is 10.9 Å². The molecule has 2 atom stereocenters. The van der Waals surface area contributed by atoms with E-state index in [-0.39, 0.29) is 29.7 Å². The molecule has 1 aromatic carbocycles. The smallest absolute Gasteiger partial charge is 0.267 e. The van der Waals surface area contributed by atoms with Crippen LogP contribution in [0, 0.1) is 0 Å². The van der Waals surface area contributed by atoms with Crippen LogP contribution in [0.3, 0.4) is 0 Å². The summed E-state index contributed by atoms with van der Waals surface area (Å²) >= 11 is 6.62. The zero-order valence-electron chi connectivity index (χ0n) is 18.8. The number of carbonyl (C=O) groups excluding carboxylic acids is 1. The highest BCUT2D eigenvalue weighted by Crippen LogP contribution is 2.34. The number of carbonyl (C=O) groups is 1. The molecule has 180 valence electrons. The topological polar surface area (TPSA) is 96.2 Å². The SMILES string of the molecule is O=C1/C(=C/c2c(NC[C@@H](O)c3ccccc3)nc3ccccn3c2=O)SC(=S)N1C[C@H]1CCCO1. The van der Waals surface area contributed by atoms with E-state index in [1.54, 1.807) is 35.4 Å². The molecule has 2 saturated heterocycles. The van der Waals surface area contributed by atoms with Crippen LogP contribution in [0.15, 0.2) is 64.4 Å². The summed E-state index contributed by atoms with van der Waals surface area (Å²) in [5.74, 6) is 0.0453. The molecule has 35 heavy (non-hydrogen) atoms. The summed E-state index contributed by atoms with van der Waals surface area (Å²) in [5, 5.41) is 13.7. The molecule has 0 saturated carbocycles. The molecule has 0 spiro atoms. The molecular weight excluding hydrogens is 484 g/mol. The fraction of sp³-hybridized carbons (Fsp3) is 0.280. The van der Waals surface area contributed by atoms with E-state index in [0.717, 1.165) is 30.2 Å². The molecule has 4 heterocycles. The van der Waals surface area contributed by atoms with E-state index in [9.17, 15) is 14.7 Å². The first kappa shape index (κ1) is 23.7. The number of aliphatic hydroxyl groups excluding tert-OH is 1. The minimum Gasteiger partial charge on any atom is -0.387 e. The van der Waals surface area contributed by atoms with Crippen LogP contribution in [0.4, 0.5) is 5.82 Å². The highest BCUT2D eigenvalue weighted by Gasteiger charge is 2.35. The third-order valence-electron chi connectivity index (χ3n) is 5.98. The van der Waals surface area contributed by atoms with Crippen LogP contribution in [0.2, 0.25) is 0 Å². The number of ether oxygens (including phenoxy) is 1. The Hall–Kier alpha value is -3.05. The van der Waals surface area contributed by atoms with Crippen molar-refractivity contribution in [3.05, 3.63) is 81.1 Å². The number of aromatic nitrogens is 2. The van der Waals surface area contributed by atoms with Crippen LogP contribution >= 0.6 is 24.0 Å². The second kappa shape index (κ2) is 10.3. The van der Waals surface area contributed by atoms with Crippen LogP contribution in [-0.4, -0.2) is 55.4 Å². The monoisotopic (exact) mass is 508 g/mol. The van der Waals surface area contributed by atoms with Gasteiger partial charge in [-0.3, -0.25) is 18.9 Å². The van der Waals surface area contributed by atoms with Crippen molar-refractivity contribution in [1.82, 2.24) is 14.3 Å². The number of benzene rings is 1. The van der Waals surface area contributed by atoms with Crippen molar-refractivity contribution in [3.8, 4) is 0 Å². The zero-order valence-corrected chi connectivity index (χ0v) is 20.4. The van der Waals surface area contributed by atoms with Crippen molar-refractivity contribution in [2.75, 3.05) is 25.0 Å². The molecule has 3 aromatic rings. The normalized spacial score (nSPS) is 20.2. The van der Waals surface area contributed by atoms with Gasteiger partial charge in [-0.2, -0.15) is 0 Å². The molecule has 10 heteroatoms. The summed E-state index contributed by atoms with van der Waals surface area (Å²) in [6, 6.07) is 14.5. The molecule has 2 aromatic heterocycles. The Balaban J connectivity index is 1.47. The number of amides is 1. The highest BCUT2D eigenvalue weighted by molar-refractivity contribution is 8.26. The summed E-state index contributed by atoms with van der Waals surface area (Å²) < 4.78 is 7.54. The Morgan fingerprint density at radius 1 is 1.23 bits per heavy atom. The van der Waals surface area contributed by atoms with Gasteiger partial charge in [0.25, 0.3) is 11.5 Å². The van der Waals surface area contributed by atoms with Gasteiger partial charge in [0.2, 0.25) is 0 Å². The number of hydrogen-bond acceptors (Lipinski definition) is 8. The fourth-order valence-corrected chi connectivity index (χ4v) is 5.39. The Labute approximate surface area is 211 Å². The molecular formula is C25H24N4O4S2. The molecule has 0 aliphatic carbocycles. The Morgan fingerprint density at radius 3 is 2.80 bits per heavy atom. The summed E-state index contributed by atoms with van der Waals surface area (Å²) in [4.78, 5) is 33.0. The summed E-state index contributed by atoms with van der Waals surface area (Å²) in [5.41, 5.74) is 1.11. The van der Waals surface area contributed by atoms with Gasteiger partial charge in [-0.1, -0.05) is 60.4 Å². The quantitative estimate of drug-likeness (QED) is 0.371. The summed E-state index contributed by atoms with van der Waals surface area (Å²) in [6.45, 7) is 1.24. The fourth-order valence-electron chi connectivity index (χ4n) is 4.13. The van der Waals surface area contributed by atoms with E-state index < -0.39 is 6.10 Å². The number of anilines is 1. The summed E-state index contributed by atoms with van der Waals surface area (Å²) in [6.07, 6.45) is 4.21. The molecule has 2 aliphatic heterocycles. The van der Waals surface area contributed by atoms with Crippen molar-refractivity contribution in [3.63, 3.8) is 0 Å². The van der Waals surface area contributed by atoms with E-state index in [4.69, 9.17) is 17.0 Å². The number of pyridine rings is 1. The molecule has 5 rings (SSSR count). The van der Waals surface area contributed by atoms with Crippen LogP contribution in [0.5, 0.6) is 0 Å². The van der Waals surface area contributed by atoms with Crippen molar-refractivity contribution in [1.29, 1.82) is 0 Å². The van der Waals surface area contributed by atoms with Crippen LogP contribution in [-0.2, 0) is 9.53 Å². The molecule has 2 fully saturated rings. The van der Waals surface area contributed by atoms with Crippen LogP contribution in [0.1, 0.15) is 30.1 Å². The van der Waals surface area contributed by atoms with Gasteiger partial charge in [0.1, 0.15) is 15.8 Å². The predicted molar refractivity (Wildman–Crippen MR) is 140 cm³/mol. The minimum absolute atomic E-state index is 0.0264. The molecule has 2 N–H and O–H groups in total. The van der Waals surface area contributed by atoms with Crippen molar-refractivity contribution >= 4 is 51.7 Å². The molecule has 1 amide bonds. The molecule has 2 aliphatic rings. The van der Waals surface area contributed by atoms with Gasteiger partial charge in [0.05, 0.1) is 29.2 Å². The number of nitrogens with zero attached hydrogens (tertiary/aromatic N) is 3. The Morgan fingerprint density at radius 2 is 2.03 bits per heavy atom. The van der Waals surface area contributed by atoms with Crippen molar-refractivity contribution in [2.45, 2.75) is 25.0 Å². The summed E-state index contributed by atoms with van der Waals surface area (Å²) in [7, 11) is 0. The van der Waals surface area contributed by atoms with Crippen LogP contribution in [0.25, 0.3) is 11.7 Å². The van der Waals surface area contributed by atoms with E-state index in [2.05, 4.69) is 10.3 Å². The lowest BCUT2D eigenvalue weighted by Crippen LogP contribution is -2.35. The standard InChI is InChI=1S/C25H24N4O4S2/c30-19(16-7-2-1-3-8-16)14-26-22-18(23(31)28-11-5-4-10-21(28)27-22)13-20-24(32)29(25(34)35-20)15-17-9-6-12-33-17/h1-5,7-8,10-11,13,17,19,26,30H,6,9,12,14-15H2/b20-13-/t17-,19-/m1/s1. The Bertz CT molecular complexity index is 1350. The average Bonchev–Trinajstić information content (AvgIpc) is 3.49. The van der Waals surface area contributed by atoms with E-state index >= 15 is 0 Å². The first-order chi connectivity index (χ1) is 17.0. The maximum atomic E-state index is 13.4. The van der Waals surface area contributed by atoms with Gasteiger partial charge in [0.15, 0.2) is 0 Å². The second-order valence-electron chi connectivity index (χ2n) is 8.34. The van der Waals surface area contributed by atoms with Gasteiger partial charge < -0.3 is 15.2 Å². The molecule has 0 bridgehead atoms. The van der Waals surface area contributed by atoms with Gasteiger partial charge in [-0.05, 0) is 36.6 Å². The van der Waals surface area contributed by atoms with E-state index in [1.807, 2.05) is 30.3 Å². The first-order valence-corrected chi connectivity index (χ1v) is 12.6. The molecule has 0 radical (unpaired) electrons. The third-order valence-corrected chi connectivity index (χ3v) is 7.35. The second-order valence-corrected chi connectivity index (χ2v) is 10.0. The Kier molecular flexibility index (Phi) is 6.96. The van der Waals surface area contributed by atoms with Crippen molar-refractivity contribution < 1.29 is 14.6 Å². The zero-order chi connectivity index (χ0) is 24.4. The lowest BCUT2D eigenvalue weighted by atomic mass is 10.1. The predicted octanol–water partition coefficient (Wildman–Crippen LogP) is 3.22. The van der Waals surface area contributed by atoms with E-state index in [1.165, 1.54) is 4.40 Å². The average molecular weight is 509 g/mol. The van der Waals surface area contributed by atoms with Gasteiger partial charge >= 0.3 is 0 Å². The molecule has 8 nitrogen and oxygen atoms in total. The number of aliphatic hydroxyl groups is 1. The number of rotatable bonds is 7. The minimum atomic E-state index is -0.801. The van der Waals surface area contributed by atoms with Crippen molar-refractivity contribution in [2.24, 2.45) is 0 Å². The lowest BCUT2D eigenvalue weighted by molar-refractivity contribution is -0.123. The van der Waals surface area contributed by atoms with E-state index in [0.29, 0.717) is 33.8 Å². The number of thiocarbonyl (C=S) groups is 1. The number of fused-ring (bicyclic) bond motifs is 1. The molecule has 0 unspecified atom stereocenters. The maximum absolute atomic E-state index is 13.4. The number of nitrogens with one attached hydrogen (secondary N) is 1. The third kappa shape index (κ3) is 5.01. The number of hydrogen-bond donors (Lipinski definition) is 2. The maximum Gasteiger partial charge on any atom is 0.267 e.